The van der Waals surface area contributed by atoms with Crippen molar-refractivity contribution in [2.75, 3.05) is 24.2 Å². The number of rotatable bonds is 4. The standard InChI is InChI=1S/C17H22N2/c1-13-10-14(2)12-16(11-13)19(3)9-8-15-6-4-5-7-17(15)18/h4-7,10-12H,8-9,18H2,1-3H3. The van der Waals surface area contributed by atoms with Crippen LogP contribution in [0.2, 0.25) is 0 Å². The van der Waals surface area contributed by atoms with Crippen molar-refractivity contribution in [3.8, 4) is 0 Å². The SMILES string of the molecule is Cc1cc(C)cc(N(C)CCc2ccccc2N)c1. The third-order valence-corrected chi connectivity index (χ3v) is 3.42. The third-order valence-electron chi connectivity index (χ3n) is 3.42. The van der Waals surface area contributed by atoms with Crippen LogP contribution in [0.15, 0.2) is 42.5 Å². The van der Waals surface area contributed by atoms with E-state index in [1.54, 1.807) is 0 Å². The number of hydrogen-bond donors (Lipinski definition) is 1. The predicted octanol–water partition coefficient (Wildman–Crippen LogP) is 3.56. The molecule has 0 atom stereocenters. The zero-order valence-electron chi connectivity index (χ0n) is 12.0. The molecule has 0 fully saturated rings. The summed E-state index contributed by atoms with van der Waals surface area (Å²) < 4.78 is 0. The van der Waals surface area contributed by atoms with Crippen LogP contribution >= 0.6 is 0 Å². The van der Waals surface area contributed by atoms with Gasteiger partial charge in [0.15, 0.2) is 0 Å². The van der Waals surface area contributed by atoms with Gasteiger partial charge in [-0.2, -0.15) is 0 Å². The molecule has 0 heterocycles. The molecule has 19 heavy (non-hydrogen) atoms. The lowest BCUT2D eigenvalue weighted by Crippen LogP contribution is -2.20. The van der Waals surface area contributed by atoms with Gasteiger partial charge in [0.1, 0.15) is 0 Å². The highest BCUT2D eigenvalue weighted by Crippen LogP contribution is 2.19. The van der Waals surface area contributed by atoms with Crippen LogP contribution in [0, 0.1) is 13.8 Å². The molecule has 2 rings (SSSR count). The first-order valence-electron chi connectivity index (χ1n) is 6.69. The van der Waals surface area contributed by atoms with Crippen molar-refractivity contribution >= 4 is 11.4 Å². The normalized spacial score (nSPS) is 10.5. The maximum atomic E-state index is 5.98. The number of aryl methyl sites for hydroxylation is 2. The first kappa shape index (κ1) is 13.5. The quantitative estimate of drug-likeness (QED) is 0.845. The topological polar surface area (TPSA) is 29.3 Å². The van der Waals surface area contributed by atoms with Crippen molar-refractivity contribution in [3.05, 3.63) is 59.2 Å². The molecule has 100 valence electrons. The molecule has 0 spiro atoms. The van der Waals surface area contributed by atoms with Gasteiger partial charge in [0, 0.05) is 25.0 Å². The Bertz CT molecular complexity index is 541. The maximum Gasteiger partial charge on any atom is 0.0369 e. The fraction of sp³-hybridized carbons (Fsp3) is 0.294. The number of anilines is 2. The van der Waals surface area contributed by atoms with Crippen LogP contribution in [-0.4, -0.2) is 13.6 Å². The maximum absolute atomic E-state index is 5.98. The summed E-state index contributed by atoms with van der Waals surface area (Å²) in [6, 6.07) is 14.7. The van der Waals surface area contributed by atoms with Crippen LogP contribution in [0.1, 0.15) is 16.7 Å². The number of para-hydroxylation sites is 1. The molecule has 2 N–H and O–H groups in total. The van der Waals surface area contributed by atoms with Crippen molar-refractivity contribution in [2.24, 2.45) is 0 Å². The van der Waals surface area contributed by atoms with Crippen LogP contribution in [0.25, 0.3) is 0 Å². The third kappa shape index (κ3) is 3.50. The number of nitrogens with zero attached hydrogens (tertiary/aromatic N) is 1. The average Bonchev–Trinajstić information content (AvgIpc) is 2.36. The Morgan fingerprint density at radius 1 is 1.00 bits per heavy atom. The molecule has 0 saturated heterocycles. The average molecular weight is 254 g/mol. The molecule has 0 amide bonds. The predicted molar refractivity (Wildman–Crippen MR) is 83.7 cm³/mol. The molecule has 2 aromatic rings. The molecule has 2 nitrogen and oxygen atoms in total. The molecule has 2 aromatic carbocycles. The van der Waals surface area contributed by atoms with E-state index < -0.39 is 0 Å². The fourth-order valence-electron chi connectivity index (χ4n) is 2.35. The van der Waals surface area contributed by atoms with Gasteiger partial charge in [-0.05, 0) is 55.2 Å². The molecule has 0 aliphatic carbocycles. The summed E-state index contributed by atoms with van der Waals surface area (Å²) >= 11 is 0. The second-order valence-corrected chi connectivity index (χ2v) is 5.22. The Morgan fingerprint density at radius 3 is 2.26 bits per heavy atom. The van der Waals surface area contributed by atoms with Crippen LogP contribution < -0.4 is 10.6 Å². The Hall–Kier alpha value is -1.96. The van der Waals surface area contributed by atoms with Crippen molar-refractivity contribution in [1.82, 2.24) is 0 Å². The highest BCUT2D eigenvalue weighted by Gasteiger charge is 2.04. The number of nitrogens with two attached hydrogens (primary N) is 1. The van der Waals surface area contributed by atoms with Gasteiger partial charge in [-0.3, -0.25) is 0 Å². The monoisotopic (exact) mass is 254 g/mol. The molecule has 0 aromatic heterocycles. The number of benzene rings is 2. The first-order chi connectivity index (χ1) is 9.06. The molecule has 0 aliphatic heterocycles. The van der Waals surface area contributed by atoms with Crippen molar-refractivity contribution < 1.29 is 0 Å². The molecular weight excluding hydrogens is 232 g/mol. The molecule has 0 saturated carbocycles. The van der Waals surface area contributed by atoms with Crippen molar-refractivity contribution in [2.45, 2.75) is 20.3 Å². The van der Waals surface area contributed by atoms with E-state index in [0.29, 0.717) is 0 Å². The summed E-state index contributed by atoms with van der Waals surface area (Å²) in [6.45, 7) is 5.25. The smallest absolute Gasteiger partial charge is 0.0369 e. The fourth-order valence-corrected chi connectivity index (χ4v) is 2.35. The van der Waals surface area contributed by atoms with E-state index in [2.05, 4.69) is 50.1 Å². The van der Waals surface area contributed by atoms with Gasteiger partial charge in [-0.25, -0.2) is 0 Å². The highest BCUT2D eigenvalue weighted by molar-refractivity contribution is 5.51. The summed E-state index contributed by atoms with van der Waals surface area (Å²) in [4.78, 5) is 2.28. The lowest BCUT2D eigenvalue weighted by atomic mass is 10.1. The molecule has 0 bridgehead atoms. The van der Waals surface area contributed by atoms with Crippen LogP contribution in [-0.2, 0) is 6.42 Å². The second-order valence-electron chi connectivity index (χ2n) is 5.22. The highest BCUT2D eigenvalue weighted by atomic mass is 15.1. The number of nitrogen functional groups attached to an aromatic ring is 1. The second kappa shape index (κ2) is 5.79. The molecule has 0 radical (unpaired) electrons. The van der Waals surface area contributed by atoms with Gasteiger partial charge < -0.3 is 10.6 Å². The lowest BCUT2D eigenvalue weighted by molar-refractivity contribution is 0.877. The summed E-state index contributed by atoms with van der Waals surface area (Å²) in [5, 5.41) is 0. The van der Waals surface area contributed by atoms with E-state index in [1.165, 1.54) is 22.4 Å². The van der Waals surface area contributed by atoms with E-state index in [9.17, 15) is 0 Å². The summed E-state index contributed by atoms with van der Waals surface area (Å²) in [5.41, 5.74) is 12.0. The van der Waals surface area contributed by atoms with Gasteiger partial charge in [0.05, 0.1) is 0 Å². The first-order valence-corrected chi connectivity index (χ1v) is 6.69. The Labute approximate surface area is 115 Å². The van der Waals surface area contributed by atoms with Gasteiger partial charge in [-0.1, -0.05) is 24.3 Å². The van der Waals surface area contributed by atoms with E-state index >= 15 is 0 Å². The van der Waals surface area contributed by atoms with Crippen LogP contribution in [0.5, 0.6) is 0 Å². The minimum Gasteiger partial charge on any atom is -0.399 e. The van der Waals surface area contributed by atoms with Gasteiger partial charge in [-0.15, -0.1) is 0 Å². The zero-order chi connectivity index (χ0) is 13.8. The van der Waals surface area contributed by atoms with E-state index in [1.807, 2.05) is 18.2 Å². The largest absolute Gasteiger partial charge is 0.399 e. The summed E-state index contributed by atoms with van der Waals surface area (Å²) in [7, 11) is 2.13. The van der Waals surface area contributed by atoms with Gasteiger partial charge in [0.25, 0.3) is 0 Å². The van der Waals surface area contributed by atoms with E-state index in [0.717, 1.165) is 18.7 Å². The minimum atomic E-state index is 0.885. The van der Waals surface area contributed by atoms with Gasteiger partial charge in [0.2, 0.25) is 0 Å². The Kier molecular flexibility index (Phi) is 4.10. The van der Waals surface area contributed by atoms with Crippen LogP contribution in [0.4, 0.5) is 11.4 Å². The van der Waals surface area contributed by atoms with E-state index in [-0.39, 0.29) is 0 Å². The Balaban J connectivity index is 2.05. The summed E-state index contributed by atoms with van der Waals surface area (Å²) in [6.07, 6.45) is 0.968. The lowest BCUT2D eigenvalue weighted by Gasteiger charge is -2.21. The Morgan fingerprint density at radius 2 is 1.63 bits per heavy atom. The molecular formula is C17H22N2. The van der Waals surface area contributed by atoms with Crippen molar-refractivity contribution in [3.63, 3.8) is 0 Å². The molecule has 0 unspecified atom stereocenters. The zero-order valence-corrected chi connectivity index (χ0v) is 12.0. The van der Waals surface area contributed by atoms with E-state index in [4.69, 9.17) is 5.73 Å². The minimum absolute atomic E-state index is 0.885. The van der Waals surface area contributed by atoms with Gasteiger partial charge >= 0.3 is 0 Å². The summed E-state index contributed by atoms with van der Waals surface area (Å²) in [5.74, 6) is 0. The number of hydrogen-bond acceptors (Lipinski definition) is 2. The van der Waals surface area contributed by atoms with Crippen LogP contribution in [0.3, 0.4) is 0 Å². The van der Waals surface area contributed by atoms with Crippen molar-refractivity contribution in [1.29, 1.82) is 0 Å². The number of likely N-dealkylation sites (N-methyl/N-ethyl adjacent to an activating group) is 1. The molecule has 0 aliphatic rings. The molecule has 2 heteroatoms.